The van der Waals surface area contributed by atoms with Crippen LogP contribution in [-0.4, -0.2) is 67.3 Å². The van der Waals surface area contributed by atoms with E-state index >= 15 is 0 Å². The van der Waals surface area contributed by atoms with Crippen molar-refractivity contribution in [3.05, 3.63) is 0 Å². The van der Waals surface area contributed by atoms with Gasteiger partial charge in [0.05, 0.1) is 13.2 Å². The van der Waals surface area contributed by atoms with Crippen LogP contribution in [0.15, 0.2) is 0 Å². The van der Waals surface area contributed by atoms with E-state index in [2.05, 4.69) is 5.32 Å². The number of ether oxygens (including phenoxy) is 1. The second-order valence-electron chi connectivity index (χ2n) is 3.89. The Morgan fingerprint density at radius 2 is 2.06 bits per heavy atom. The Morgan fingerprint density at radius 3 is 2.65 bits per heavy atom. The third-order valence-corrected chi connectivity index (χ3v) is 2.56. The number of carbonyl (C=O) groups excluding carboxylic acids is 1. The lowest BCUT2D eigenvalue weighted by Gasteiger charge is -2.26. The second kappa shape index (κ2) is 7.21. The number of carbonyl (C=O) groups is 2. The summed E-state index contributed by atoms with van der Waals surface area (Å²) in [7, 11) is 0. The van der Waals surface area contributed by atoms with Crippen molar-refractivity contribution >= 4 is 11.9 Å². The van der Waals surface area contributed by atoms with Crippen molar-refractivity contribution in [1.82, 2.24) is 10.2 Å². The van der Waals surface area contributed by atoms with Crippen molar-refractivity contribution in [1.29, 1.82) is 0 Å². The highest BCUT2D eigenvalue weighted by atomic mass is 16.5. The van der Waals surface area contributed by atoms with Crippen molar-refractivity contribution < 1.29 is 19.4 Å². The molecule has 1 rings (SSSR count). The standard InChI is InChI=1S/C10H19N3O4/c11-8(10(15)16)7-12-2-1-9(14)13-3-5-17-6-4-13/h8,12H,1-7,11H2,(H,15,16). The molecule has 0 radical (unpaired) electrons. The van der Waals surface area contributed by atoms with E-state index in [0.29, 0.717) is 39.3 Å². The maximum Gasteiger partial charge on any atom is 0.321 e. The normalized spacial score (nSPS) is 17.8. The molecule has 0 aromatic rings. The van der Waals surface area contributed by atoms with Gasteiger partial charge in [0.15, 0.2) is 0 Å². The zero-order chi connectivity index (χ0) is 12.7. The number of amides is 1. The lowest BCUT2D eigenvalue weighted by Crippen LogP contribution is -2.43. The Bertz CT molecular complexity index is 266. The molecule has 1 aliphatic heterocycles. The number of aliphatic carboxylic acids is 1. The molecule has 7 heteroatoms. The van der Waals surface area contributed by atoms with Gasteiger partial charge in [0.1, 0.15) is 6.04 Å². The van der Waals surface area contributed by atoms with Gasteiger partial charge >= 0.3 is 5.97 Å². The first kappa shape index (κ1) is 13.9. The van der Waals surface area contributed by atoms with E-state index in [-0.39, 0.29) is 12.5 Å². The van der Waals surface area contributed by atoms with Crippen LogP contribution in [0.5, 0.6) is 0 Å². The van der Waals surface area contributed by atoms with E-state index in [9.17, 15) is 9.59 Å². The largest absolute Gasteiger partial charge is 0.480 e. The molecule has 1 saturated heterocycles. The molecule has 98 valence electrons. The lowest BCUT2D eigenvalue weighted by molar-refractivity contribution is -0.138. The summed E-state index contributed by atoms with van der Waals surface area (Å²) in [6.45, 7) is 3.05. The summed E-state index contributed by atoms with van der Waals surface area (Å²) in [5, 5.41) is 11.4. The summed E-state index contributed by atoms with van der Waals surface area (Å²) in [6, 6.07) is -0.923. The fourth-order valence-corrected chi connectivity index (χ4v) is 1.51. The van der Waals surface area contributed by atoms with Crippen LogP contribution in [0.25, 0.3) is 0 Å². The van der Waals surface area contributed by atoms with Crippen molar-refractivity contribution in [2.24, 2.45) is 5.73 Å². The molecule has 7 nitrogen and oxygen atoms in total. The summed E-state index contributed by atoms with van der Waals surface area (Å²) < 4.78 is 5.14. The van der Waals surface area contributed by atoms with Gasteiger partial charge in [0.2, 0.25) is 5.91 Å². The molecule has 1 atom stereocenters. The monoisotopic (exact) mass is 245 g/mol. The van der Waals surface area contributed by atoms with Crippen LogP contribution in [-0.2, 0) is 14.3 Å². The smallest absolute Gasteiger partial charge is 0.321 e. The third kappa shape index (κ3) is 5.12. The van der Waals surface area contributed by atoms with Crippen molar-refractivity contribution in [2.75, 3.05) is 39.4 Å². The average Bonchev–Trinajstić information content (AvgIpc) is 2.35. The Kier molecular flexibility index (Phi) is 5.88. The molecule has 0 bridgehead atoms. The maximum atomic E-state index is 11.7. The number of nitrogens with one attached hydrogen (secondary N) is 1. The molecular weight excluding hydrogens is 226 g/mol. The molecule has 4 N–H and O–H groups in total. The van der Waals surface area contributed by atoms with Gasteiger partial charge < -0.3 is 25.8 Å². The first-order valence-electron chi connectivity index (χ1n) is 5.66. The van der Waals surface area contributed by atoms with Crippen LogP contribution < -0.4 is 11.1 Å². The molecule has 0 aromatic heterocycles. The zero-order valence-corrected chi connectivity index (χ0v) is 9.72. The Balaban J connectivity index is 2.09. The van der Waals surface area contributed by atoms with Crippen LogP contribution in [0.3, 0.4) is 0 Å². The number of hydrogen-bond acceptors (Lipinski definition) is 5. The van der Waals surface area contributed by atoms with Gasteiger partial charge in [-0.3, -0.25) is 9.59 Å². The van der Waals surface area contributed by atoms with E-state index in [0.717, 1.165) is 0 Å². The number of hydrogen-bond donors (Lipinski definition) is 3. The van der Waals surface area contributed by atoms with Crippen LogP contribution in [0.1, 0.15) is 6.42 Å². The topological polar surface area (TPSA) is 105 Å². The number of carboxylic acids is 1. The van der Waals surface area contributed by atoms with E-state index in [1.807, 2.05) is 0 Å². The van der Waals surface area contributed by atoms with Crippen LogP contribution in [0.2, 0.25) is 0 Å². The van der Waals surface area contributed by atoms with E-state index in [4.69, 9.17) is 15.6 Å². The number of nitrogens with zero attached hydrogens (tertiary/aromatic N) is 1. The molecule has 1 aliphatic rings. The van der Waals surface area contributed by atoms with Crippen LogP contribution in [0.4, 0.5) is 0 Å². The van der Waals surface area contributed by atoms with Gasteiger partial charge in [-0.25, -0.2) is 0 Å². The van der Waals surface area contributed by atoms with Gasteiger partial charge in [-0.1, -0.05) is 0 Å². The predicted molar refractivity (Wildman–Crippen MR) is 60.5 cm³/mol. The Labute approximate surface area is 99.9 Å². The summed E-state index contributed by atoms with van der Waals surface area (Å²) in [6.07, 6.45) is 0.354. The molecule has 0 saturated carbocycles. The zero-order valence-electron chi connectivity index (χ0n) is 9.72. The Hall–Kier alpha value is -1.18. The summed E-state index contributed by atoms with van der Waals surface area (Å²) >= 11 is 0. The van der Waals surface area contributed by atoms with Gasteiger partial charge in [0.25, 0.3) is 0 Å². The molecule has 1 unspecified atom stereocenters. The van der Waals surface area contributed by atoms with Crippen molar-refractivity contribution in [2.45, 2.75) is 12.5 Å². The molecule has 0 aromatic carbocycles. The first-order valence-corrected chi connectivity index (χ1v) is 5.66. The average molecular weight is 245 g/mol. The molecule has 1 fully saturated rings. The van der Waals surface area contributed by atoms with Crippen LogP contribution in [0, 0.1) is 0 Å². The SMILES string of the molecule is NC(CNCCC(=O)N1CCOCC1)C(=O)O. The third-order valence-electron chi connectivity index (χ3n) is 2.56. The van der Waals surface area contributed by atoms with Crippen LogP contribution >= 0.6 is 0 Å². The van der Waals surface area contributed by atoms with Gasteiger partial charge in [0, 0.05) is 32.6 Å². The molecule has 1 amide bonds. The Morgan fingerprint density at radius 1 is 1.41 bits per heavy atom. The molecule has 0 aliphatic carbocycles. The maximum absolute atomic E-state index is 11.7. The fraction of sp³-hybridized carbons (Fsp3) is 0.800. The van der Waals surface area contributed by atoms with E-state index in [1.54, 1.807) is 4.90 Å². The highest BCUT2D eigenvalue weighted by molar-refractivity contribution is 5.76. The van der Waals surface area contributed by atoms with E-state index in [1.165, 1.54) is 0 Å². The number of morpholine rings is 1. The minimum Gasteiger partial charge on any atom is -0.480 e. The second-order valence-corrected chi connectivity index (χ2v) is 3.89. The van der Waals surface area contributed by atoms with Gasteiger partial charge in [-0.2, -0.15) is 0 Å². The molecule has 17 heavy (non-hydrogen) atoms. The summed E-state index contributed by atoms with van der Waals surface area (Å²) in [4.78, 5) is 23.8. The van der Waals surface area contributed by atoms with E-state index < -0.39 is 12.0 Å². The molecule has 1 heterocycles. The molecular formula is C10H19N3O4. The van der Waals surface area contributed by atoms with Crippen molar-refractivity contribution in [3.8, 4) is 0 Å². The summed E-state index contributed by atoms with van der Waals surface area (Å²) in [5.41, 5.74) is 5.30. The minimum atomic E-state index is -1.04. The summed E-state index contributed by atoms with van der Waals surface area (Å²) in [5.74, 6) is -0.985. The minimum absolute atomic E-state index is 0.0599. The number of rotatable bonds is 6. The quantitative estimate of drug-likeness (QED) is 0.479. The van der Waals surface area contributed by atoms with Gasteiger partial charge in [-0.05, 0) is 0 Å². The van der Waals surface area contributed by atoms with Crippen molar-refractivity contribution in [3.63, 3.8) is 0 Å². The number of nitrogens with two attached hydrogens (primary N) is 1. The lowest BCUT2D eigenvalue weighted by atomic mass is 10.3. The first-order chi connectivity index (χ1) is 8.11. The highest BCUT2D eigenvalue weighted by Crippen LogP contribution is 1.99. The van der Waals surface area contributed by atoms with Gasteiger partial charge in [-0.15, -0.1) is 0 Å². The fourth-order valence-electron chi connectivity index (χ4n) is 1.51. The number of carboxylic acid groups (broad SMARTS) is 1. The molecule has 0 spiro atoms. The highest BCUT2D eigenvalue weighted by Gasteiger charge is 2.16. The predicted octanol–water partition coefficient (Wildman–Crippen LogP) is -1.76.